The topological polar surface area (TPSA) is 52.6 Å². The van der Waals surface area contributed by atoms with Gasteiger partial charge in [-0.25, -0.2) is 0 Å². The number of hydrogen-bond donors (Lipinski definition) is 0. The molecule has 1 rings (SSSR count). The molecule has 1 aliphatic carbocycles. The lowest BCUT2D eigenvalue weighted by atomic mass is 9.88. The Morgan fingerprint density at radius 3 is 1.50 bits per heavy atom. The van der Waals surface area contributed by atoms with Crippen molar-refractivity contribution in [1.29, 1.82) is 0 Å². The normalized spacial score (nSPS) is 18.6. The molecule has 4 heteroatoms. The zero-order valence-corrected chi connectivity index (χ0v) is 23.1. The Morgan fingerprint density at radius 1 is 0.647 bits per heavy atom. The van der Waals surface area contributed by atoms with Gasteiger partial charge in [0.25, 0.3) is 0 Å². The second-order valence-electron chi connectivity index (χ2n) is 11.4. The zero-order chi connectivity index (χ0) is 25.1. The summed E-state index contributed by atoms with van der Waals surface area (Å²) < 4.78 is 11.0. The standard InChI is InChI=1S/C30H56O4/c1-5-6-7-8-9-10-11-12-13-14-15-16-17-18-19-20-25-33-28(31)30(3,4)29(32)34-27-23-21-26(2)22-24-27/h26-27H,5-25H2,1-4H3. The highest BCUT2D eigenvalue weighted by Gasteiger charge is 2.40. The first-order chi connectivity index (χ1) is 16.4. The molecule has 0 aliphatic heterocycles. The predicted molar refractivity (Wildman–Crippen MR) is 142 cm³/mol. The summed E-state index contributed by atoms with van der Waals surface area (Å²) in [5, 5.41) is 0. The Balaban J connectivity index is 1.93. The van der Waals surface area contributed by atoms with Crippen LogP contribution in [0.1, 0.15) is 156 Å². The number of esters is 2. The highest BCUT2D eigenvalue weighted by molar-refractivity contribution is 5.99. The van der Waals surface area contributed by atoms with Crippen LogP contribution in [0.25, 0.3) is 0 Å². The van der Waals surface area contributed by atoms with Gasteiger partial charge in [-0.3, -0.25) is 9.59 Å². The molecule has 0 amide bonds. The van der Waals surface area contributed by atoms with Crippen LogP contribution in [0, 0.1) is 11.3 Å². The van der Waals surface area contributed by atoms with Crippen LogP contribution < -0.4 is 0 Å². The summed E-state index contributed by atoms with van der Waals surface area (Å²) in [7, 11) is 0. The number of carbonyl (C=O) groups excluding carboxylic acids is 2. The van der Waals surface area contributed by atoms with Crippen LogP contribution in [0.4, 0.5) is 0 Å². The van der Waals surface area contributed by atoms with E-state index in [1.54, 1.807) is 13.8 Å². The summed E-state index contributed by atoms with van der Waals surface area (Å²) >= 11 is 0. The van der Waals surface area contributed by atoms with Gasteiger partial charge in [0.05, 0.1) is 6.61 Å². The Hall–Kier alpha value is -1.06. The molecule has 0 N–H and O–H groups in total. The molecule has 0 saturated heterocycles. The number of hydrogen-bond acceptors (Lipinski definition) is 4. The maximum Gasteiger partial charge on any atom is 0.323 e. The van der Waals surface area contributed by atoms with Crippen molar-refractivity contribution in [3.63, 3.8) is 0 Å². The molecular formula is C30H56O4. The molecule has 0 bridgehead atoms. The summed E-state index contributed by atoms with van der Waals surface area (Å²) in [6.07, 6.45) is 25.0. The first-order valence-corrected chi connectivity index (χ1v) is 14.8. The lowest BCUT2D eigenvalue weighted by Crippen LogP contribution is -2.39. The Bertz CT molecular complexity index is 520. The second kappa shape index (κ2) is 19.2. The highest BCUT2D eigenvalue weighted by Crippen LogP contribution is 2.28. The minimum Gasteiger partial charge on any atom is -0.465 e. The largest absolute Gasteiger partial charge is 0.465 e. The summed E-state index contributed by atoms with van der Waals surface area (Å²) in [5.41, 5.74) is -1.22. The van der Waals surface area contributed by atoms with E-state index in [-0.39, 0.29) is 6.10 Å². The van der Waals surface area contributed by atoms with Gasteiger partial charge in [-0.2, -0.15) is 0 Å². The minimum absolute atomic E-state index is 0.0453. The molecule has 0 heterocycles. The fourth-order valence-electron chi connectivity index (χ4n) is 4.72. The fraction of sp³-hybridized carbons (Fsp3) is 0.933. The van der Waals surface area contributed by atoms with E-state index in [0.717, 1.165) is 38.5 Å². The van der Waals surface area contributed by atoms with Gasteiger partial charge in [-0.15, -0.1) is 0 Å². The first-order valence-electron chi connectivity index (χ1n) is 14.8. The van der Waals surface area contributed by atoms with E-state index in [1.165, 1.54) is 89.9 Å². The molecule has 4 nitrogen and oxygen atoms in total. The summed E-state index contributed by atoms with van der Waals surface area (Å²) in [5.74, 6) is -0.195. The van der Waals surface area contributed by atoms with Crippen molar-refractivity contribution >= 4 is 11.9 Å². The maximum absolute atomic E-state index is 12.5. The van der Waals surface area contributed by atoms with E-state index in [4.69, 9.17) is 9.47 Å². The number of carbonyl (C=O) groups is 2. The van der Waals surface area contributed by atoms with E-state index in [2.05, 4.69) is 13.8 Å². The van der Waals surface area contributed by atoms with Crippen LogP contribution >= 0.6 is 0 Å². The maximum atomic E-state index is 12.5. The fourth-order valence-corrected chi connectivity index (χ4v) is 4.72. The van der Waals surface area contributed by atoms with Crippen molar-refractivity contribution in [3.8, 4) is 0 Å². The van der Waals surface area contributed by atoms with Gasteiger partial charge < -0.3 is 9.47 Å². The average molecular weight is 481 g/mol. The van der Waals surface area contributed by atoms with Gasteiger partial charge >= 0.3 is 11.9 Å². The van der Waals surface area contributed by atoms with Crippen molar-refractivity contribution in [2.45, 2.75) is 162 Å². The molecule has 0 atom stereocenters. The molecule has 200 valence electrons. The van der Waals surface area contributed by atoms with Crippen LogP contribution in [0.15, 0.2) is 0 Å². The average Bonchev–Trinajstić information content (AvgIpc) is 2.82. The van der Waals surface area contributed by atoms with Crippen molar-refractivity contribution in [2.24, 2.45) is 11.3 Å². The molecule has 1 aliphatic rings. The van der Waals surface area contributed by atoms with E-state index in [9.17, 15) is 9.59 Å². The Morgan fingerprint density at radius 2 is 1.06 bits per heavy atom. The number of unbranched alkanes of at least 4 members (excludes halogenated alkanes) is 15. The molecular weight excluding hydrogens is 424 g/mol. The second-order valence-corrected chi connectivity index (χ2v) is 11.4. The van der Waals surface area contributed by atoms with Crippen molar-refractivity contribution in [3.05, 3.63) is 0 Å². The number of rotatable bonds is 20. The van der Waals surface area contributed by atoms with Crippen LogP contribution in [0.2, 0.25) is 0 Å². The third kappa shape index (κ3) is 14.4. The molecule has 0 aromatic carbocycles. The number of ether oxygens (including phenoxy) is 2. The van der Waals surface area contributed by atoms with Crippen molar-refractivity contribution in [1.82, 2.24) is 0 Å². The quantitative estimate of drug-likeness (QED) is 0.0991. The minimum atomic E-state index is -1.22. The molecule has 1 fully saturated rings. The van der Waals surface area contributed by atoms with E-state index < -0.39 is 17.4 Å². The van der Waals surface area contributed by atoms with Crippen LogP contribution in [-0.2, 0) is 19.1 Å². The predicted octanol–water partition coefficient (Wildman–Crippen LogP) is 8.94. The van der Waals surface area contributed by atoms with Gasteiger partial charge in [-0.1, -0.05) is 110 Å². The van der Waals surface area contributed by atoms with Crippen molar-refractivity contribution < 1.29 is 19.1 Å². The summed E-state index contributed by atoms with van der Waals surface area (Å²) in [6.45, 7) is 8.15. The van der Waals surface area contributed by atoms with Gasteiger partial charge in [0.1, 0.15) is 6.10 Å². The Labute approximate surface area is 211 Å². The third-order valence-corrected chi connectivity index (χ3v) is 7.49. The molecule has 0 aromatic heterocycles. The molecule has 1 saturated carbocycles. The van der Waals surface area contributed by atoms with Crippen LogP contribution in [0.3, 0.4) is 0 Å². The molecule has 0 spiro atoms. The van der Waals surface area contributed by atoms with Gasteiger partial charge in [0, 0.05) is 0 Å². The first kappa shape index (κ1) is 31.0. The molecule has 0 radical (unpaired) electrons. The molecule has 0 aromatic rings. The summed E-state index contributed by atoms with van der Waals surface area (Å²) in [4.78, 5) is 25.0. The highest BCUT2D eigenvalue weighted by atomic mass is 16.6. The summed E-state index contributed by atoms with van der Waals surface area (Å²) in [6, 6.07) is 0. The molecule has 0 unspecified atom stereocenters. The van der Waals surface area contributed by atoms with Gasteiger partial charge in [0.15, 0.2) is 5.41 Å². The van der Waals surface area contributed by atoms with Gasteiger partial charge in [-0.05, 0) is 51.9 Å². The van der Waals surface area contributed by atoms with Crippen LogP contribution in [0.5, 0.6) is 0 Å². The lowest BCUT2D eigenvalue weighted by molar-refractivity contribution is -0.174. The molecule has 34 heavy (non-hydrogen) atoms. The zero-order valence-electron chi connectivity index (χ0n) is 23.1. The van der Waals surface area contributed by atoms with E-state index >= 15 is 0 Å². The third-order valence-electron chi connectivity index (χ3n) is 7.49. The monoisotopic (exact) mass is 480 g/mol. The van der Waals surface area contributed by atoms with Crippen LogP contribution in [-0.4, -0.2) is 24.6 Å². The van der Waals surface area contributed by atoms with E-state index in [1.807, 2.05) is 0 Å². The van der Waals surface area contributed by atoms with Crippen molar-refractivity contribution in [2.75, 3.05) is 6.61 Å². The lowest BCUT2D eigenvalue weighted by Gasteiger charge is -2.29. The smallest absolute Gasteiger partial charge is 0.323 e. The van der Waals surface area contributed by atoms with E-state index in [0.29, 0.717) is 12.5 Å². The van der Waals surface area contributed by atoms with Gasteiger partial charge in [0.2, 0.25) is 0 Å². The SMILES string of the molecule is CCCCCCCCCCCCCCCCCCOC(=O)C(C)(C)C(=O)OC1CCC(C)CC1. The Kier molecular flexibility index (Phi) is 17.5.